The summed E-state index contributed by atoms with van der Waals surface area (Å²) in [5.74, 6) is -0.399. The van der Waals surface area contributed by atoms with Crippen LogP contribution in [-0.2, 0) is 30.6 Å². The van der Waals surface area contributed by atoms with Crippen molar-refractivity contribution in [1.82, 2.24) is 4.90 Å². The van der Waals surface area contributed by atoms with Gasteiger partial charge >= 0.3 is 5.97 Å². The molecule has 3 N–H and O–H groups in total. The number of carbonyl (C=O) groups is 2. The van der Waals surface area contributed by atoms with E-state index in [1.165, 1.54) is 7.11 Å². The second-order valence-electron chi connectivity index (χ2n) is 8.59. The van der Waals surface area contributed by atoms with Gasteiger partial charge in [0.2, 0.25) is 0 Å². The fourth-order valence-corrected chi connectivity index (χ4v) is 5.51. The zero-order chi connectivity index (χ0) is 25.2. The smallest absolute Gasteiger partial charge is 0.305 e. The first-order valence-corrected chi connectivity index (χ1v) is 13.1. The first-order chi connectivity index (χ1) is 16.7. The molecule has 0 atom stereocenters. The van der Waals surface area contributed by atoms with Crippen molar-refractivity contribution in [1.29, 1.82) is 5.41 Å². The Morgan fingerprint density at radius 1 is 1.06 bits per heavy atom. The van der Waals surface area contributed by atoms with E-state index in [1.807, 2.05) is 29.2 Å². The molecule has 0 aromatic heterocycles. The lowest BCUT2D eigenvalue weighted by Gasteiger charge is -2.30. The highest BCUT2D eigenvalue weighted by molar-refractivity contribution is 7.91. The minimum Gasteiger partial charge on any atom is -0.469 e. The molecule has 0 bridgehead atoms. The Morgan fingerprint density at radius 2 is 1.67 bits per heavy atom. The fraction of sp³-hybridized carbons (Fsp3) is 0.320. The van der Waals surface area contributed by atoms with Gasteiger partial charge in [-0.15, -0.1) is 12.4 Å². The van der Waals surface area contributed by atoms with Crippen molar-refractivity contribution < 1.29 is 22.7 Å². The van der Waals surface area contributed by atoms with Crippen LogP contribution in [0.3, 0.4) is 0 Å². The van der Waals surface area contributed by atoms with Gasteiger partial charge in [-0.2, -0.15) is 0 Å². The van der Waals surface area contributed by atoms with E-state index in [0.29, 0.717) is 42.9 Å². The molecule has 1 fully saturated rings. The number of nitrogen functional groups attached to an aromatic ring is 1. The predicted octanol–water partition coefficient (Wildman–Crippen LogP) is 1.99. The summed E-state index contributed by atoms with van der Waals surface area (Å²) in [6.45, 7) is 0.989. The Morgan fingerprint density at radius 3 is 2.22 bits per heavy atom. The van der Waals surface area contributed by atoms with Crippen molar-refractivity contribution >= 4 is 51.2 Å². The number of amidine groups is 1. The maximum atomic E-state index is 13.6. The molecule has 0 aliphatic carbocycles. The van der Waals surface area contributed by atoms with Crippen molar-refractivity contribution in [3.05, 3.63) is 70.9 Å². The lowest BCUT2D eigenvalue weighted by atomic mass is 10.0. The number of ether oxygens (including phenoxy) is 1. The van der Waals surface area contributed by atoms with Crippen molar-refractivity contribution in [3.8, 4) is 0 Å². The van der Waals surface area contributed by atoms with Gasteiger partial charge in [0.25, 0.3) is 5.91 Å². The predicted molar refractivity (Wildman–Crippen MR) is 141 cm³/mol. The molecule has 1 saturated heterocycles. The number of nitrogens with two attached hydrogens (primary N) is 1. The summed E-state index contributed by atoms with van der Waals surface area (Å²) < 4.78 is 28.7. The third-order valence-corrected chi connectivity index (χ3v) is 7.97. The molecule has 1 amide bonds. The average Bonchev–Trinajstić information content (AvgIpc) is 3.19. The second kappa shape index (κ2) is 11.1. The Bertz CT molecular complexity index is 1280. The SMILES string of the molecule is COC(=O)CCc1ccc(C2=C(N3CCS(=O)(=O)CC3)CN(c3ccc(C(=N)N)cc3)C2=O)cc1.Cl. The maximum Gasteiger partial charge on any atom is 0.305 e. The van der Waals surface area contributed by atoms with Crippen LogP contribution in [0, 0.1) is 5.41 Å². The molecule has 9 nitrogen and oxygen atoms in total. The summed E-state index contributed by atoms with van der Waals surface area (Å²) >= 11 is 0. The molecule has 0 radical (unpaired) electrons. The molecule has 0 unspecified atom stereocenters. The molecule has 2 aliphatic rings. The van der Waals surface area contributed by atoms with Crippen LogP contribution in [0.2, 0.25) is 0 Å². The number of esters is 1. The number of aryl methyl sites for hydroxylation is 1. The van der Waals surface area contributed by atoms with Crippen LogP contribution in [0.4, 0.5) is 5.69 Å². The van der Waals surface area contributed by atoms with Crippen LogP contribution in [-0.4, -0.2) is 69.3 Å². The number of sulfone groups is 1. The van der Waals surface area contributed by atoms with Crippen LogP contribution in [0.15, 0.2) is 54.2 Å². The standard InChI is InChI=1S/C25H28N4O5S.ClH/c1-34-22(30)11-4-17-2-5-18(6-3-17)23-21(28-12-14-35(32,33)15-13-28)16-29(25(23)31)20-9-7-19(8-10-20)24(26)27;/h2-3,5-10H,4,11-16H2,1H3,(H3,26,27);1H. The van der Waals surface area contributed by atoms with Crippen LogP contribution in [0.25, 0.3) is 5.57 Å². The molecule has 11 heteroatoms. The molecule has 2 aromatic carbocycles. The number of hydrogen-bond acceptors (Lipinski definition) is 7. The minimum absolute atomic E-state index is 0. The van der Waals surface area contributed by atoms with E-state index < -0.39 is 9.84 Å². The van der Waals surface area contributed by atoms with E-state index in [9.17, 15) is 18.0 Å². The third-order valence-electron chi connectivity index (χ3n) is 6.36. The average molecular weight is 533 g/mol. The Balaban J connectivity index is 0.00000361. The molecular formula is C25H29ClN4O5S. The first-order valence-electron chi connectivity index (χ1n) is 11.3. The summed E-state index contributed by atoms with van der Waals surface area (Å²) in [5, 5.41) is 7.59. The number of benzene rings is 2. The zero-order valence-corrected chi connectivity index (χ0v) is 21.5. The topological polar surface area (TPSA) is 134 Å². The van der Waals surface area contributed by atoms with Crippen LogP contribution in [0.1, 0.15) is 23.1 Å². The van der Waals surface area contributed by atoms with E-state index in [-0.39, 0.29) is 48.0 Å². The Labute approximate surface area is 216 Å². The number of amides is 1. The Kier molecular flexibility index (Phi) is 8.42. The number of nitrogens with one attached hydrogen (secondary N) is 1. The molecule has 192 valence electrons. The molecule has 2 heterocycles. The number of hydrogen-bond donors (Lipinski definition) is 2. The van der Waals surface area contributed by atoms with Crippen molar-refractivity contribution in [2.45, 2.75) is 12.8 Å². The highest BCUT2D eigenvalue weighted by Crippen LogP contribution is 2.34. The van der Waals surface area contributed by atoms with Gasteiger partial charge in [0, 0.05) is 36.5 Å². The zero-order valence-electron chi connectivity index (χ0n) is 19.9. The minimum atomic E-state index is -3.07. The molecule has 2 aliphatic heterocycles. The fourth-order valence-electron chi connectivity index (χ4n) is 4.31. The van der Waals surface area contributed by atoms with Gasteiger partial charge in [0.05, 0.1) is 30.7 Å². The highest BCUT2D eigenvalue weighted by Gasteiger charge is 2.36. The van der Waals surface area contributed by atoms with Crippen LogP contribution >= 0.6 is 12.4 Å². The van der Waals surface area contributed by atoms with Gasteiger partial charge in [-0.05, 0) is 41.8 Å². The van der Waals surface area contributed by atoms with Crippen molar-refractivity contribution in [2.75, 3.05) is 43.1 Å². The van der Waals surface area contributed by atoms with Gasteiger partial charge in [-0.3, -0.25) is 15.0 Å². The third kappa shape index (κ3) is 5.88. The number of methoxy groups -OCH3 is 1. The second-order valence-corrected chi connectivity index (χ2v) is 10.9. The highest BCUT2D eigenvalue weighted by atomic mass is 35.5. The maximum absolute atomic E-state index is 13.6. The lowest BCUT2D eigenvalue weighted by molar-refractivity contribution is -0.140. The van der Waals surface area contributed by atoms with Crippen molar-refractivity contribution in [3.63, 3.8) is 0 Å². The van der Waals surface area contributed by atoms with E-state index in [4.69, 9.17) is 15.9 Å². The molecule has 0 spiro atoms. The number of rotatable bonds is 7. The first kappa shape index (κ1) is 27.2. The molecule has 0 saturated carbocycles. The van der Waals surface area contributed by atoms with E-state index >= 15 is 0 Å². The lowest BCUT2D eigenvalue weighted by Crippen LogP contribution is -2.41. The number of carbonyl (C=O) groups excluding carboxylic acids is 2. The molecule has 36 heavy (non-hydrogen) atoms. The summed E-state index contributed by atoms with van der Waals surface area (Å²) in [7, 11) is -1.72. The molecule has 4 rings (SSSR count). The normalized spacial score (nSPS) is 17.1. The van der Waals surface area contributed by atoms with Gasteiger partial charge in [0.15, 0.2) is 9.84 Å². The van der Waals surface area contributed by atoms with Crippen LogP contribution < -0.4 is 10.6 Å². The van der Waals surface area contributed by atoms with Gasteiger partial charge in [-0.25, -0.2) is 8.42 Å². The van der Waals surface area contributed by atoms with Crippen LogP contribution in [0.5, 0.6) is 0 Å². The van der Waals surface area contributed by atoms with Gasteiger partial charge < -0.3 is 20.3 Å². The number of halogens is 1. The van der Waals surface area contributed by atoms with E-state index in [2.05, 4.69) is 0 Å². The van der Waals surface area contributed by atoms with Gasteiger partial charge in [-0.1, -0.05) is 24.3 Å². The molecule has 2 aromatic rings. The van der Waals surface area contributed by atoms with Crippen molar-refractivity contribution in [2.24, 2.45) is 5.73 Å². The van der Waals surface area contributed by atoms with Gasteiger partial charge in [0.1, 0.15) is 5.84 Å². The van der Waals surface area contributed by atoms with E-state index in [0.717, 1.165) is 16.8 Å². The summed E-state index contributed by atoms with van der Waals surface area (Å²) in [5.41, 5.74) is 9.82. The quantitative estimate of drug-likeness (QED) is 0.316. The largest absolute Gasteiger partial charge is 0.469 e. The number of anilines is 1. The Hall–Kier alpha value is -3.37. The summed E-state index contributed by atoms with van der Waals surface area (Å²) in [6.07, 6.45) is 0.806. The summed E-state index contributed by atoms with van der Waals surface area (Å²) in [4.78, 5) is 28.7. The molecular weight excluding hydrogens is 504 g/mol. The monoisotopic (exact) mass is 532 g/mol. The summed E-state index contributed by atoms with van der Waals surface area (Å²) in [6, 6.07) is 14.4. The number of nitrogens with zero attached hydrogens (tertiary/aromatic N) is 2. The van der Waals surface area contributed by atoms with E-state index in [1.54, 1.807) is 29.2 Å².